The van der Waals surface area contributed by atoms with Gasteiger partial charge in [-0.3, -0.25) is 4.79 Å². The van der Waals surface area contributed by atoms with Crippen molar-refractivity contribution in [3.05, 3.63) is 89.5 Å². The monoisotopic (exact) mass is 314 g/mol. The normalized spacial score (nSPS) is 13.0. The quantitative estimate of drug-likeness (QED) is 0.710. The fourth-order valence-electron chi connectivity index (χ4n) is 2.76. The number of fused-ring (bicyclic) bond motifs is 2. The number of carbonyl (C=O) groups is 1. The lowest BCUT2D eigenvalue weighted by molar-refractivity contribution is 0.104. The molecule has 0 saturated carbocycles. The van der Waals surface area contributed by atoms with Crippen molar-refractivity contribution >= 4 is 23.0 Å². The van der Waals surface area contributed by atoms with Gasteiger partial charge in [-0.2, -0.15) is 0 Å². The third kappa shape index (κ3) is 2.44. The molecule has 3 aromatic carbocycles. The number of hydrogen-bond donors (Lipinski definition) is 2. The van der Waals surface area contributed by atoms with Gasteiger partial charge >= 0.3 is 0 Å². The van der Waals surface area contributed by atoms with Gasteiger partial charge < -0.3 is 10.4 Å². The Labute approximate surface area is 139 Å². The molecule has 2 N–H and O–H groups in total. The summed E-state index contributed by atoms with van der Waals surface area (Å²) in [5, 5.41) is 13.0. The summed E-state index contributed by atoms with van der Waals surface area (Å²) in [6, 6.07) is 21.5. The number of phenols is 1. The van der Waals surface area contributed by atoms with Crippen molar-refractivity contribution < 1.29 is 9.90 Å². The molecule has 0 aromatic heterocycles. The van der Waals surface area contributed by atoms with Crippen molar-refractivity contribution in [2.75, 3.05) is 5.32 Å². The average molecular weight is 314 g/mol. The highest BCUT2D eigenvalue weighted by molar-refractivity contribution is 6.20. The van der Waals surface area contributed by atoms with Crippen molar-refractivity contribution in [3.8, 4) is 5.75 Å². The van der Waals surface area contributed by atoms with E-state index in [9.17, 15) is 9.90 Å². The molecule has 0 bridgehead atoms. The van der Waals surface area contributed by atoms with Gasteiger partial charge in [0.1, 0.15) is 11.6 Å². The maximum absolute atomic E-state index is 12.8. The third-order valence-electron chi connectivity index (χ3n) is 3.93. The first-order valence-electron chi connectivity index (χ1n) is 7.60. The summed E-state index contributed by atoms with van der Waals surface area (Å²) in [6.07, 6.45) is 0. The Morgan fingerprint density at radius 1 is 0.833 bits per heavy atom. The second-order valence-electron chi connectivity index (χ2n) is 5.53. The molecule has 0 unspecified atom stereocenters. The van der Waals surface area contributed by atoms with Crippen LogP contribution in [0, 0.1) is 0 Å². The van der Waals surface area contributed by atoms with Crippen LogP contribution in [-0.4, -0.2) is 16.7 Å². The molecule has 0 saturated heterocycles. The minimum Gasteiger partial charge on any atom is -0.508 e. The van der Waals surface area contributed by atoms with E-state index in [4.69, 9.17) is 0 Å². The molecule has 0 spiro atoms. The topological polar surface area (TPSA) is 61.7 Å². The predicted molar refractivity (Wildman–Crippen MR) is 94.2 cm³/mol. The molecule has 116 valence electrons. The number of carbonyl (C=O) groups excluding carboxylic acids is 1. The number of benzene rings is 3. The van der Waals surface area contributed by atoms with Crippen LogP contribution in [0.5, 0.6) is 5.75 Å². The Balaban J connectivity index is 1.97. The Morgan fingerprint density at radius 2 is 1.58 bits per heavy atom. The molecule has 1 aliphatic heterocycles. The minimum atomic E-state index is -0.0626. The summed E-state index contributed by atoms with van der Waals surface area (Å²) in [6.45, 7) is 0. The molecule has 3 aromatic rings. The van der Waals surface area contributed by atoms with E-state index in [0.717, 1.165) is 5.56 Å². The number of nitrogens with one attached hydrogen (secondary N) is 1. The lowest BCUT2D eigenvalue weighted by Crippen LogP contribution is -2.18. The van der Waals surface area contributed by atoms with Crippen molar-refractivity contribution in [1.29, 1.82) is 0 Å². The van der Waals surface area contributed by atoms with E-state index in [1.54, 1.807) is 30.3 Å². The van der Waals surface area contributed by atoms with Gasteiger partial charge in [-0.15, -0.1) is 0 Å². The van der Waals surface area contributed by atoms with Crippen LogP contribution in [0.2, 0.25) is 0 Å². The van der Waals surface area contributed by atoms with Gasteiger partial charge in [0.25, 0.3) is 0 Å². The van der Waals surface area contributed by atoms with Gasteiger partial charge in [-0.1, -0.05) is 36.4 Å². The average Bonchev–Trinajstić information content (AvgIpc) is 2.60. The number of aromatic hydroxyl groups is 1. The zero-order valence-electron chi connectivity index (χ0n) is 12.7. The fourth-order valence-corrected chi connectivity index (χ4v) is 2.76. The Hall–Kier alpha value is -3.40. The zero-order chi connectivity index (χ0) is 16.5. The largest absolute Gasteiger partial charge is 0.508 e. The van der Waals surface area contributed by atoms with Crippen molar-refractivity contribution in [2.45, 2.75) is 0 Å². The number of para-hydroxylation sites is 2. The minimum absolute atomic E-state index is 0.0626. The molecule has 4 nitrogen and oxygen atoms in total. The van der Waals surface area contributed by atoms with Gasteiger partial charge in [-0.05, 0) is 36.4 Å². The second-order valence-corrected chi connectivity index (χ2v) is 5.53. The maximum Gasteiger partial charge on any atom is 0.197 e. The number of phenolic OH excluding ortho intramolecular Hbond substituents is 1. The van der Waals surface area contributed by atoms with Crippen LogP contribution in [0.25, 0.3) is 0 Å². The zero-order valence-corrected chi connectivity index (χ0v) is 12.7. The standard InChI is InChI=1S/C20H14N2O2/c23-14-7-5-6-13(12-14)20-21-17-10-3-1-8-15(17)19(24)16-9-2-4-11-18(16)22-20/h1-12,23H,(H,21,22). The smallest absolute Gasteiger partial charge is 0.197 e. The number of hydrogen-bond acceptors (Lipinski definition) is 4. The number of ketones is 1. The van der Waals surface area contributed by atoms with E-state index >= 15 is 0 Å². The fraction of sp³-hybridized carbons (Fsp3) is 0. The van der Waals surface area contributed by atoms with Gasteiger partial charge in [0.05, 0.1) is 11.4 Å². The predicted octanol–water partition coefficient (Wildman–Crippen LogP) is 4.13. The molecule has 4 heteroatoms. The molecule has 0 radical (unpaired) electrons. The summed E-state index contributed by atoms with van der Waals surface area (Å²) in [5.74, 6) is 0.683. The van der Waals surface area contributed by atoms with Crippen molar-refractivity contribution in [3.63, 3.8) is 0 Å². The molecule has 0 atom stereocenters. The summed E-state index contributed by atoms with van der Waals surface area (Å²) in [4.78, 5) is 17.5. The lowest BCUT2D eigenvalue weighted by Gasteiger charge is -2.18. The van der Waals surface area contributed by atoms with Crippen LogP contribution >= 0.6 is 0 Å². The lowest BCUT2D eigenvalue weighted by atomic mass is 9.99. The molecule has 24 heavy (non-hydrogen) atoms. The molecule has 4 rings (SSSR count). The summed E-state index contributed by atoms with van der Waals surface area (Å²) >= 11 is 0. The van der Waals surface area contributed by atoms with E-state index in [1.165, 1.54) is 0 Å². The second kappa shape index (κ2) is 5.66. The molecule has 1 heterocycles. The highest BCUT2D eigenvalue weighted by atomic mass is 16.3. The van der Waals surface area contributed by atoms with E-state index in [2.05, 4.69) is 10.3 Å². The van der Waals surface area contributed by atoms with Crippen LogP contribution < -0.4 is 5.32 Å². The molecular weight excluding hydrogens is 300 g/mol. The van der Waals surface area contributed by atoms with Gasteiger partial charge in [-0.25, -0.2) is 4.99 Å². The maximum atomic E-state index is 12.8. The Morgan fingerprint density at radius 3 is 2.42 bits per heavy atom. The highest BCUT2D eigenvalue weighted by Gasteiger charge is 2.20. The van der Waals surface area contributed by atoms with Crippen LogP contribution in [-0.2, 0) is 0 Å². The van der Waals surface area contributed by atoms with E-state index in [0.29, 0.717) is 28.3 Å². The van der Waals surface area contributed by atoms with Crippen LogP contribution in [0.3, 0.4) is 0 Å². The first kappa shape index (κ1) is 14.2. The number of nitrogens with zero attached hydrogens (tertiary/aromatic N) is 1. The Kier molecular flexibility index (Phi) is 3.35. The summed E-state index contributed by atoms with van der Waals surface area (Å²) < 4.78 is 0. The van der Waals surface area contributed by atoms with Gasteiger partial charge in [0, 0.05) is 16.7 Å². The SMILES string of the molecule is O=C1c2ccccc2N=C(c2cccc(O)c2)Nc2ccccc21. The van der Waals surface area contributed by atoms with E-state index in [1.807, 2.05) is 42.5 Å². The number of anilines is 1. The van der Waals surface area contributed by atoms with Gasteiger partial charge in [0.15, 0.2) is 5.78 Å². The number of rotatable bonds is 1. The van der Waals surface area contributed by atoms with E-state index in [-0.39, 0.29) is 11.5 Å². The first-order valence-corrected chi connectivity index (χ1v) is 7.60. The summed E-state index contributed by atoms with van der Waals surface area (Å²) in [5.41, 5.74) is 3.19. The number of amidine groups is 1. The number of aliphatic imine (C=N–C) groups is 1. The Bertz CT molecular complexity index is 977. The molecular formula is C20H14N2O2. The van der Waals surface area contributed by atoms with Crippen LogP contribution in [0.15, 0.2) is 77.8 Å². The molecule has 0 aliphatic carbocycles. The molecule has 0 amide bonds. The van der Waals surface area contributed by atoms with Crippen LogP contribution in [0.1, 0.15) is 21.5 Å². The summed E-state index contributed by atoms with van der Waals surface area (Å²) in [7, 11) is 0. The molecule has 0 fully saturated rings. The van der Waals surface area contributed by atoms with Crippen molar-refractivity contribution in [1.82, 2.24) is 0 Å². The highest BCUT2D eigenvalue weighted by Crippen LogP contribution is 2.29. The van der Waals surface area contributed by atoms with Gasteiger partial charge in [0.2, 0.25) is 0 Å². The first-order chi connectivity index (χ1) is 11.7. The third-order valence-corrected chi connectivity index (χ3v) is 3.93. The molecule has 1 aliphatic rings. The van der Waals surface area contributed by atoms with E-state index < -0.39 is 0 Å². The van der Waals surface area contributed by atoms with Crippen molar-refractivity contribution in [2.24, 2.45) is 4.99 Å². The van der Waals surface area contributed by atoms with Crippen LogP contribution in [0.4, 0.5) is 11.4 Å².